The Kier molecular flexibility index (Phi) is 2.64. The molecule has 1 rings (SSSR count). The molecule has 0 aliphatic heterocycles. The number of aliphatic carboxylic acids is 1. The highest BCUT2D eigenvalue weighted by molar-refractivity contribution is 5.92. The Labute approximate surface area is 74.4 Å². The maximum Gasteiger partial charge on any atom is 0.318 e. The van der Waals surface area contributed by atoms with Gasteiger partial charge in [-0.1, -0.05) is 12.1 Å². The summed E-state index contributed by atoms with van der Waals surface area (Å²) in [5.41, 5.74) is 0.280. The van der Waals surface area contributed by atoms with Crippen molar-refractivity contribution in [3.63, 3.8) is 0 Å². The minimum atomic E-state index is -1.22. The minimum absolute atomic E-state index is 0.0504. The van der Waals surface area contributed by atoms with Crippen LogP contribution < -0.4 is 0 Å². The molecular weight excluding hydrogens is 172 g/mol. The van der Waals surface area contributed by atoms with Crippen LogP contribution in [0.15, 0.2) is 24.3 Å². The molecule has 0 bridgehead atoms. The van der Waals surface area contributed by atoms with Crippen molar-refractivity contribution >= 4 is 12.3 Å². The van der Waals surface area contributed by atoms with Crippen molar-refractivity contribution in [3.8, 4) is 5.75 Å². The fourth-order valence-electron chi connectivity index (χ4n) is 0.998. The van der Waals surface area contributed by atoms with Gasteiger partial charge in [-0.05, 0) is 17.7 Å². The van der Waals surface area contributed by atoms with Crippen LogP contribution in [0.5, 0.6) is 5.75 Å². The average molecular weight is 180 g/mol. The first kappa shape index (κ1) is 9.25. The number of aromatic hydroxyl groups is 1. The van der Waals surface area contributed by atoms with Crippen LogP contribution >= 0.6 is 0 Å². The second-order valence-electron chi connectivity index (χ2n) is 2.55. The molecule has 0 aromatic heterocycles. The summed E-state index contributed by atoms with van der Waals surface area (Å²) in [7, 11) is 0. The van der Waals surface area contributed by atoms with Crippen molar-refractivity contribution in [1.29, 1.82) is 0 Å². The molecule has 0 aliphatic carbocycles. The summed E-state index contributed by atoms with van der Waals surface area (Å²) < 4.78 is 0. The largest absolute Gasteiger partial charge is 0.508 e. The quantitative estimate of drug-likeness (QED) is 0.532. The van der Waals surface area contributed by atoms with Crippen LogP contribution in [-0.4, -0.2) is 22.5 Å². The van der Waals surface area contributed by atoms with E-state index in [0.717, 1.165) is 0 Å². The molecule has 0 saturated heterocycles. The van der Waals surface area contributed by atoms with Gasteiger partial charge in [-0.15, -0.1) is 0 Å². The van der Waals surface area contributed by atoms with Gasteiger partial charge >= 0.3 is 5.97 Å². The van der Waals surface area contributed by atoms with Crippen molar-refractivity contribution < 1.29 is 19.8 Å². The number of rotatable bonds is 3. The molecule has 1 aromatic carbocycles. The van der Waals surface area contributed by atoms with E-state index >= 15 is 0 Å². The first-order chi connectivity index (χ1) is 6.15. The van der Waals surface area contributed by atoms with Crippen LogP contribution in [0.4, 0.5) is 0 Å². The van der Waals surface area contributed by atoms with Crippen molar-refractivity contribution in [1.82, 2.24) is 0 Å². The Morgan fingerprint density at radius 2 is 2.15 bits per heavy atom. The normalized spacial score (nSPS) is 12.0. The summed E-state index contributed by atoms with van der Waals surface area (Å²) >= 11 is 0. The van der Waals surface area contributed by atoms with Gasteiger partial charge in [0.2, 0.25) is 0 Å². The molecule has 4 heteroatoms. The number of carbonyl (C=O) groups excluding carboxylic acids is 1. The third kappa shape index (κ3) is 2.05. The Morgan fingerprint density at radius 3 is 2.62 bits per heavy atom. The van der Waals surface area contributed by atoms with Gasteiger partial charge in [-0.2, -0.15) is 0 Å². The van der Waals surface area contributed by atoms with Gasteiger partial charge in [-0.3, -0.25) is 4.79 Å². The third-order valence-corrected chi connectivity index (χ3v) is 1.63. The molecule has 0 fully saturated rings. The molecule has 1 aromatic rings. The fourth-order valence-corrected chi connectivity index (χ4v) is 0.998. The Hall–Kier alpha value is -1.84. The van der Waals surface area contributed by atoms with E-state index < -0.39 is 11.9 Å². The minimum Gasteiger partial charge on any atom is -0.508 e. The van der Waals surface area contributed by atoms with E-state index in [1.807, 2.05) is 0 Å². The van der Waals surface area contributed by atoms with Gasteiger partial charge in [0.05, 0.1) is 0 Å². The Morgan fingerprint density at radius 1 is 1.46 bits per heavy atom. The molecule has 0 amide bonds. The molecule has 4 nitrogen and oxygen atoms in total. The molecule has 13 heavy (non-hydrogen) atoms. The van der Waals surface area contributed by atoms with Gasteiger partial charge in [0.25, 0.3) is 0 Å². The zero-order chi connectivity index (χ0) is 9.84. The van der Waals surface area contributed by atoms with Crippen molar-refractivity contribution in [2.24, 2.45) is 0 Å². The molecule has 0 radical (unpaired) electrons. The lowest BCUT2D eigenvalue weighted by atomic mass is 10.0. The molecule has 68 valence electrons. The Balaban J connectivity index is 3.04. The zero-order valence-electron chi connectivity index (χ0n) is 6.68. The predicted molar refractivity (Wildman–Crippen MR) is 44.5 cm³/mol. The lowest BCUT2D eigenvalue weighted by Gasteiger charge is -2.04. The van der Waals surface area contributed by atoms with Crippen LogP contribution in [0.1, 0.15) is 11.5 Å². The number of phenolic OH excluding ortho intramolecular Hbond substituents is 1. The predicted octanol–water partition coefficient (Wildman–Crippen LogP) is 0.759. The van der Waals surface area contributed by atoms with Gasteiger partial charge < -0.3 is 15.0 Å². The van der Waals surface area contributed by atoms with Crippen molar-refractivity contribution in [2.75, 3.05) is 0 Å². The van der Waals surface area contributed by atoms with Crippen LogP contribution in [0.25, 0.3) is 0 Å². The van der Waals surface area contributed by atoms with E-state index in [9.17, 15) is 9.59 Å². The van der Waals surface area contributed by atoms with Crippen LogP contribution in [0.3, 0.4) is 0 Å². The summed E-state index contributed by atoms with van der Waals surface area (Å²) in [5, 5.41) is 17.6. The number of aldehydes is 1. The smallest absolute Gasteiger partial charge is 0.318 e. The molecule has 0 saturated carbocycles. The van der Waals surface area contributed by atoms with E-state index in [4.69, 9.17) is 10.2 Å². The summed E-state index contributed by atoms with van der Waals surface area (Å²) in [6.45, 7) is 0. The van der Waals surface area contributed by atoms with Gasteiger partial charge in [0, 0.05) is 0 Å². The second kappa shape index (κ2) is 3.71. The molecule has 1 atom stereocenters. The summed E-state index contributed by atoms with van der Waals surface area (Å²) in [6.07, 6.45) is 0.330. The van der Waals surface area contributed by atoms with Crippen LogP contribution in [-0.2, 0) is 9.59 Å². The van der Waals surface area contributed by atoms with E-state index in [0.29, 0.717) is 6.29 Å². The molecule has 0 aliphatic rings. The maximum absolute atomic E-state index is 10.5. The SMILES string of the molecule is O=CC(C(=O)O)c1cccc(O)c1. The summed E-state index contributed by atoms with van der Waals surface area (Å²) in [6, 6.07) is 5.64. The third-order valence-electron chi connectivity index (χ3n) is 1.63. The molecule has 0 spiro atoms. The Bertz CT molecular complexity index is 332. The summed E-state index contributed by atoms with van der Waals surface area (Å²) in [4.78, 5) is 20.9. The molecule has 1 unspecified atom stereocenters. The van der Waals surface area contributed by atoms with E-state index in [1.165, 1.54) is 24.3 Å². The number of phenols is 1. The number of carbonyl (C=O) groups is 2. The topological polar surface area (TPSA) is 74.6 Å². The van der Waals surface area contributed by atoms with Gasteiger partial charge in [-0.25, -0.2) is 0 Å². The van der Waals surface area contributed by atoms with E-state index in [1.54, 1.807) is 0 Å². The lowest BCUT2D eigenvalue weighted by molar-refractivity contribution is -0.140. The fraction of sp³-hybridized carbons (Fsp3) is 0.111. The number of hydrogen-bond donors (Lipinski definition) is 2. The van der Waals surface area contributed by atoms with E-state index in [2.05, 4.69) is 0 Å². The highest BCUT2D eigenvalue weighted by Gasteiger charge is 2.18. The molecular formula is C9H8O4. The number of carboxylic acids is 1. The lowest BCUT2D eigenvalue weighted by Crippen LogP contribution is -2.12. The first-order valence-electron chi connectivity index (χ1n) is 3.62. The number of hydrogen-bond acceptors (Lipinski definition) is 3. The van der Waals surface area contributed by atoms with Gasteiger partial charge in [0.15, 0.2) is 0 Å². The van der Waals surface area contributed by atoms with Crippen LogP contribution in [0, 0.1) is 0 Å². The standard InChI is InChI=1S/C9H8O4/c10-5-8(9(12)13)6-2-1-3-7(11)4-6/h1-5,8,11H,(H,12,13). The number of carboxylic acid groups (broad SMARTS) is 1. The second-order valence-corrected chi connectivity index (χ2v) is 2.55. The highest BCUT2D eigenvalue weighted by Crippen LogP contribution is 2.18. The van der Waals surface area contributed by atoms with Crippen molar-refractivity contribution in [3.05, 3.63) is 29.8 Å². The maximum atomic E-state index is 10.5. The van der Waals surface area contributed by atoms with Gasteiger partial charge in [0.1, 0.15) is 18.0 Å². The number of benzene rings is 1. The summed E-state index contributed by atoms with van der Waals surface area (Å²) in [5.74, 6) is -2.47. The first-order valence-corrected chi connectivity index (χ1v) is 3.62. The monoisotopic (exact) mass is 180 g/mol. The van der Waals surface area contributed by atoms with E-state index in [-0.39, 0.29) is 11.3 Å². The van der Waals surface area contributed by atoms with Crippen molar-refractivity contribution in [2.45, 2.75) is 5.92 Å². The highest BCUT2D eigenvalue weighted by atomic mass is 16.4. The molecule has 0 heterocycles. The zero-order valence-corrected chi connectivity index (χ0v) is 6.68. The average Bonchev–Trinajstić information content (AvgIpc) is 2.04. The van der Waals surface area contributed by atoms with Crippen LogP contribution in [0.2, 0.25) is 0 Å². The molecule has 2 N–H and O–H groups in total.